The number of hydrogen-bond donors (Lipinski definition) is 1. The third kappa shape index (κ3) is 5.45. The molecule has 0 heterocycles. The SMILES string of the molecule is CCCCC(CC)CSc1ccc(C(C)O)cc1. The molecule has 0 aliphatic heterocycles. The lowest BCUT2D eigenvalue weighted by Gasteiger charge is -2.14. The van der Waals surface area contributed by atoms with E-state index in [4.69, 9.17) is 0 Å². The average Bonchev–Trinajstić information content (AvgIpc) is 2.39. The van der Waals surface area contributed by atoms with E-state index < -0.39 is 0 Å². The number of aliphatic hydroxyl groups is 1. The number of unbranched alkanes of at least 4 members (excludes halogenated alkanes) is 1. The maximum absolute atomic E-state index is 9.46. The van der Waals surface area contributed by atoms with E-state index in [1.54, 1.807) is 6.92 Å². The summed E-state index contributed by atoms with van der Waals surface area (Å²) in [6.07, 6.45) is 4.91. The Bertz CT molecular complexity index is 318. The highest BCUT2D eigenvalue weighted by molar-refractivity contribution is 7.99. The standard InChI is InChI=1S/C16H26OS/c1-4-6-7-14(5-2)12-18-16-10-8-15(9-11-16)13(3)17/h8-11,13-14,17H,4-7,12H2,1-3H3. The van der Waals surface area contributed by atoms with Crippen LogP contribution in [0.3, 0.4) is 0 Å². The molecule has 0 aliphatic rings. The molecule has 1 aromatic carbocycles. The van der Waals surface area contributed by atoms with Gasteiger partial charge in [0.2, 0.25) is 0 Å². The second-order valence-electron chi connectivity index (χ2n) is 4.97. The Kier molecular flexibility index (Phi) is 7.45. The van der Waals surface area contributed by atoms with E-state index in [1.807, 2.05) is 23.9 Å². The zero-order valence-electron chi connectivity index (χ0n) is 11.9. The minimum atomic E-state index is -0.364. The first-order chi connectivity index (χ1) is 8.67. The highest BCUT2D eigenvalue weighted by Crippen LogP contribution is 2.26. The average molecular weight is 266 g/mol. The molecule has 1 rings (SSSR count). The predicted molar refractivity (Wildman–Crippen MR) is 81.1 cm³/mol. The van der Waals surface area contributed by atoms with Crippen molar-refractivity contribution in [2.45, 2.75) is 57.5 Å². The van der Waals surface area contributed by atoms with Crippen molar-refractivity contribution in [2.24, 2.45) is 5.92 Å². The molecule has 0 aromatic heterocycles. The van der Waals surface area contributed by atoms with Crippen LogP contribution in [0.1, 0.15) is 58.1 Å². The van der Waals surface area contributed by atoms with Crippen molar-refractivity contribution in [3.8, 4) is 0 Å². The molecule has 102 valence electrons. The number of rotatable bonds is 8. The van der Waals surface area contributed by atoms with Gasteiger partial charge in [-0.3, -0.25) is 0 Å². The fraction of sp³-hybridized carbons (Fsp3) is 0.625. The van der Waals surface area contributed by atoms with Crippen LogP contribution in [0.15, 0.2) is 29.2 Å². The Morgan fingerprint density at radius 2 is 1.83 bits per heavy atom. The topological polar surface area (TPSA) is 20.2 Å². The summed E-state index contributed by atoms with van der Waals surface area (Å²) in [5, 5.41) is 9.46. The number of thioether (sulfide) groups is 1. The Morgan fingerprint density at radius 3 is 2.33 bits per heavy atom. The van der Waals surface area contributed by atoms with Crippen molar-refractivity contribution in [1.82, 2.24) is 0 Å². The molecular weight excluding hydrogens is 240 g/mol. The van der Waals surface area contributed by atoms with Gasteiger partial charge in [-0.25, -0.2) is 0 Å². The summed E-state index contributed by atoms with van der Waals surface area (Å²) >= 11 is 1.94. The minimum Gasteiger partial charge on any atom is -0.389 e. The molecule has 0 saturated heterocycles. The molecule has 1 N–H and O–H groups in total. The Morgan fingerprint density at radius 1 is 1.17 bits per heavy atom. The first-order valence-electron chi connectivity index (χ1n) is 7.08. The Hall–Kier alpha value is -0.470. The zero-order chi connectivity index (χ0) is 13.4. The van der Waals surface area contributed by atoms with E-state index in [0.717, 1.165) is 11.5 Å². The van der Waals surface area contributed by atoms with Gasteiger partial charge in [-0.1, -0.05) is 45.2 Å². The molecule has 1 aromatic rings. The third-order valence-corrected chi connectivity index (χ3v) is 4.64. The van der Waals surface area contributed by atoms with E-state index in [2.05, 4.69) is 26.0 Å². The van der Waals surface area contributed by atoms with Crippen molar-refractivity contribution in [1.29, 1.82) is 0 Å². The Labute approximate surface area is 116 Å². The van der Waals surface area contributed by atoms with Crippen molar-refractivity contribution < 1.29 is 5.11 Å². The summed E-state index contributed by atoms with van der Waals surface area (Å²) in [5.74, 6) is 2.05. The van der Waals surface area contributed by atoms with Crippen LogP contribution in [-0.4, -0.2) is 10.9 Å². The second-order valence-corrected chi connectivity index (χ2v) is 6.07. The predicted octanol–water partition coefficient (Wildman–Crippen LogP) is 5.05. The van der Waals surface area contributed by atoms with Gasteiger partial charge in [0.1, 0.15) is 0 Å². The highest BCUT2D eigenvalue weighted by Gasteiger charge is 2.07. The van der Waals surface area contributed by atoms with Crippen molar-refractivity contribution in [3.05, 3.63) is 29.8 Å². The van der Waals surface area contributed by atoms with Crippen LogP contribution in [-0.2, 0) is 0 Å². The van der Waals surface area contributed by atoms with Gasteiger partial charge in [0.25, 0.3) is 0 Å². The summed E-state index contributed by atoms with van der Waals surface area (Å²) in [6.45, 7) is 6.35. The molecule has 2 heteroatoms. The number of aliphatic hydroxyl groups excluding tert-OH is 1. The van der Waals surface area contributed by atoms with Gasteiger partial charge in [-0.05, 0) is 37.0 Å². The van der Waals surface area contributed by atoms with Crippen LogP contribution in [0.4, 0.5) is 0 Å². The van der Waals surface area contributed by atoms with Gasteiger partial charge in [-0.2, -0.15) is 0 Å². The minimum absolute atomic E-state index is 0.364. The van der Waals surface area contributed by atoms with Gasteiger partial charge in [0.05, 0.1) is 6.10 Å². The molecule has 0 fully saturated rings. The van der Waals surface area contributed by atoms with Gasteiger partial charge < -0.3 is 5.11 Å². The molecule has 2 unspecified atom stereocenters. The van der Waals surface area contributed by atoms with Crippen LogP contribution >= 0.6 is 11.8 Å². The monoisotopic (exact) mass is 266 g/mol. The summed E-state index contributed by atoms with van der Waals surface area (Å²) in [6, 6.07) is 8.30. The van der Waals surface area contributed by atoms with Gasteiger partial charge >= 0.3 is 0 Å². The van der Waals surface area contributed by atoms with Crippen LogP contribution in [0.5, 0.6) is 0 Å². The van der Waals surface area contributed by atoms with E-state index in [9.17, 15) is 5.11 Å². The molecular formula is C16H26OS. The van der Waals surface area contributed by atoms with E-state index in [0.29, 0.717) is 0 Å². The number of hydrogen-bond acceptors (Lipinski definition) is 2. The van der Waals surface area contributed by atoms with Crippen molar-refractivity contribution in [2.75, 3.05) is 5.75 Å². The lowest BCUT2D eigenvalue weighted by molar-refractivity contribution is 0.199. The van der Waals surface area contributed by atoms with Crippen LogP contribution in [0.25, 0.3) is 0 Å². The van der Waals surface area contributed by atoms with Crippen LogP contribution < -0.4 is 0 Å². The fourth-order valence-corrected chi connectivity index (χ4v) is 3.11. The first kappa shape index (κ1) is 15.6. The molecule has 0 aliphatic carbocycles. The maximum Gasteiger partial charge on any atom is 0.0761 e. The van der Waals surface area contributed by atoms with Gasteiger partial charge in [0.15, 0.2) is 0 Å². The van der Waals surface area contributed by atoms with Crippen molar-refractivity contribution in [3.63, 3.8) is 0 Å². The second kappa shape index (κ2) is 8.60. The van der Waals surface area contributed by atoms with E-state index in [1.165, 1.54) is 36.3 Å². The molecule has 0 radical (unpaired) electrons. The molecule has 0 spiro atoms. The lowest BCUT2D eigenvalue weighted by atomic mass is 10.0. The summed E-state index contributed by atoms with van der Waals surface area (Å²) in [4.78, 5) is 1.31. The molecule has 0 amide bonds. The first-order valence-corrected chi connectivity index (χ1v) is 8.06. The zero-order valence-corrected chi connectivity index (χ0v) is 12.7. The van der Waals surface area contributed by atoms with Crippen LogP contribution in [0, 0.1) is 5.92 Å². The number of benzene rings is 1. The van der Waals surface area contributed by atoms with Gasteiger partial charge in [-0.15, -0.1) is 11.8 Å². The third-order valence-electron chi connectivity index (χ3n) is 3.39. The smallest absolute Gasteiger partial charge is 0.0761 e. The Balaban J connectivity index is 2.42. The molecule has 0 saturated carbocycles. The van der Waals surface area contributed by atoms with Crippen molar-refractivity contribution >= 4 is 11.8 Å². The summed E-state index contributed by atoms with van der Waals surface area (Å²) in [5.41, 5.74) is 0.998. The lowest BCUT2D eigenvalue weighted by Crippen LogP contribution is -2.02. The molecule has 18 heavy (non-hydrogen) atoms. The highest BCUT2D eigenvalue weighted by atomic mass is 32.2. The maximum atomic E-state index is 9.46. The van der Waals surface area contributed by atoms with Crippen LogP contribution in [0.2, 0.25) is 0 Å². The molecule has 1 nitrogen and oxygen atoms in total. The quantitative estimate of drug-likeness (QED) is 0.665. The normalized spacial score (nSPS) is 14.4. The molecule has 0 bridgehead atoms. The van der Waals surface area contributed by atoms with Gasteiger partial charge in [0, 0.05) is 10.6 Å². The molecule has 2 atom stereocenters. The summed E-state index contributed by atoms with van der Waals surface area (Å²) < 4.78 is 0. The summed E-state index contributed by atoms with van der Waals surface area (Å²) in [7, 11) is 0. The van der Waals surface area contributed by atoms with E-state index >= 15 is 0 Å². The fourth-order valence-electron chi connectivity index (χ4n) is 1.95. The van der Waals surface area contributed by atoms with E-state index in [-0.39, 0.29) is 6.10 Å². The largest absolute Gasteiger partial charge is 0.389 e.